The van der Waals surface area contributed by atoms with Crippen LogP contribution in [0.3, 0.4) is 0 Å². The fourth-order valence-electron chi connectivity index (χ4n) is 10.1. The van der Waals surface area contributed by atoms with Crippen LogP contribution in [0.5, 0.6) is 0 Å². The lowest BCUT2D eigenvalue weighted by atomic mass is 9.82. The SMILES string of the molecule is c1ccc(-c2nc(-c3ccc(-c4cc5ccccc5s4)cc3)cc(-c3ccc(-c4ccc(-c5c6ccccc6c(-c6ccccc6)c6c5ccc5ccccc56)c5ccccc45)cc3)n2)cc1. The van der Waals surface area contributed by atoms with E-state index in [4.69, 9.17) is 9.97 Å². The van der Waals surface area contributed by atoms with Crippen LogP contribution in [0.2, 0.25) is 0 Å². The second-order valence-electron chi connectivity index (χ2n) is 17.2. The highest BCUT2D eigenvalue weighted by Gasteiger charge is 2.21. The highest BCUT2D eigenvalue weighted by Crippen LogP contribution is 2.48. The third kappa shape index (κ3) is 6.79. The highest BCUT2D eigenvalue weighted by atomic mass is 32.1. The summed E-state index contributed by atoms with van der Waals surface area (Å²) in [5.74, 6) is 0.706. The lowest BCUT2D eigenvalue weighted by Gasteiger charge is -2.21. The summed E-state index contributed by atoms with van der Waals surface area (Å²) >= 11 is 1.83. The van der Waals surface area contributed by atoms with Crippen molar-refractivity contribution in [3.05, 3.63) is 243 Å². The van der Waals surface area contributed by atoms with E-state index < -0.39 is 0 Å². The average molecular weight is 869 g/mol. The summed E-state index contributed by atoms with van der Waals surface area (Å²) < 4.78 is 1.30. The lowest BCUT2D eigenvalue weighted by molar-refractivity contribution is 1.18. The van der Waals surface area contributed by atoms with Crippen molar-refractivity contribution in [1.82, 2.24) is 9.97 Å². The van der Waals surface area contributed by atoms with Crippen molar-refractivity contribution in [2.24, 2.45) is 0 Å². The van der Waals surface area contributed by atoms with E-state index in [2.05, 4.69) is 224 Å². The van der Waals surface area contributed by atoms with Crippen LogP contribution in [0.15, 0.2) is 243 Å². The Hall–Kier alpha value is -8.50. The molecule has 0 aliphatic rings. The number of hydrogen-bond donors (Lipinski definition) is 0. The van der Waals surface area contributed by atoms with Crippen LogP contribution >= 0.6 is 11.3 Å². The van der Waals surface area contributed by atoms with Gasteiger partial charge in [0.1, 0.15) is 0 Å². The van der Waals surface area contributed by atoms with Gasteiger partial charge in [0.25, 0.3) is 0 Å². The molecule has 2 aromatic heterocycles. The summed E-state index contributed by atoms with van der Waals surface area (Å²) in [6, 6.07) is 87.8. The van der Waals surface area contributed by atoms with Gasteiger partial charge in [0.05, 0.1) is 11.4 Å². The molecule has 0 saturated carbocycles. The maximum Gasteiger partial charge on any atom is 0.160 e. The first-order chi connectivity index (χ1) is 33.2. The Kier molecular flexibility index (Phi) is 9.40. The maximum absolute atomic E-state index is 5.17. The molecule has 3 heteroatoms. The van der Waals surface area contributed by atoms with Crippen LogP contribution in [0.25, 0.3) is 131 Å². The molecule has 0 saturated heterocycles. The predicted octanol–water partition coefficient (Wildman–Crippen LogP) is 18.0. The minimum Gasteiger partial charge on any atom is -0.228 e. The van der Waals surface area contributed by atoms with Crippen LogP contribution in [0.1, 0.15) is 0 Å². The molecule has 11 aromatic carbocycles. The number of fused-ring (bicyclic) bond motifs is 6. The standard InChI is InChI=1S/C64H40N2S/c1-3-16-46(17-4-1)61-53-24-12-13-25-54(53)62(56-36-35-41-15-7-9-21-50(41)63(56)61)55-38-37-49(51-22-10-11-23-52(51)55)42-27-29-43(30-28-42)57-40-58(66-64(65-57)47-18-5-2-6-19-47)44-31-33-45(34-32-44)60-39-48-20-8-14-26-59(48)67-60/h1-40H. The minimum atomic E-state index is 0.706. The van der Waals surface area contributed by atoms with Gasteiger partial charge in [0.15, 0.2) is 5.82 Å². The van der Waals surface area contributed by atoms with Gasteiger partial charge in [-0.15, -0.1) is 11.3 Å². The molecular weight excluding hydrogens is 829 g/mol. The number of aromatic nitrogens is 2. The van der Waals surface area contributed by atoms with Crippen molar-refractivity contribution in [3.8, 4) is 77.7 Å². The zero-order chi connectivity index (χ0) is 44.3. The van der Waals surface area contributed by atoms with E-state index in [9.17, 15) is 0 Å². The maximum atomic E-state index is 5.17. The van der Waals surface area contributed by atoms with Gasteiger partial charge in [-0.3, -0.25) is 0 Å². The van der Waals surface area contributed by atoms with Crippen molar-refractivity contribution in [1.29, 1.82) is 0 Å². The molecule has 0 aliphatic heterocycles. The molecule has 0 bridgehead atoms. The Bertz CT molecular complexity index is 3970. The molecule has 0 radical (unpaired) electrons. The summed E-state index contributed by atoms with van der Waals surface area (Å²) in [5.41, 5.74) is 13.4. The smallest absolute Gasteiger partial charge is 0.160 e. The Morgan fingerprint density at radius 3 is 1.46 bits per heavy atom. The van der Waals surface area contributed by atoms with Gasteiger partial charge in [-0.25, -0.2) is 9.97 Å². The quantitative estimate of drug-likeness (QED) is 0.118. The first kappa shape index (κ1) is 38.9. The molecule has 0 amide bonds. The molecule has 0 spiro atoms. The van der Waals surface area contributed by atoms with Crippen LogP contribution < -0.4 is 0 Å². The molecule has 2 heterocycles. The lowest BCUT2D eigenvalue weighted by Crippen LogP contribution is -1.96. The van der Waals surface area contributed by atoms with Crippen LogP contribution in [-0.4, -0.2) is 9.97 Å². The van der Waals surface area contributed by atoms with Gasteiger partial charge in [0, 0.05) is 26.3 Å². The van der Waals surface area contributed by atoms with Crippen LogP contribution in [0, 0.1) is 0 Å². The van der Waals surface area contributed by atoms with Crippen molar-refractivity contribution >= 4 is 64.5 Å². The monoisotopic (exact) mass is 868 g/mol. The number of benzene rings is 11. The zero-order valence-corrected chi connectivity index (χ0v) is 37.2. The molecule has 2 nitrogen and oxygen atoms in total. The van der Waals surface area contributed by atoms with Crippen molar-refractivity contribution in [3.63, 3.8) is 0 Å². The largest absolute Gasteiger partial charge is 0.228 e. The molecule has 0 N–H and O–H groups in total. The molecule has 312 valence electrons. The first-order valence-electron chi connectivity index (χ1n) is 22.8. The van der Waals surface area contributed by atoms with E-state index >= 15 is 0 Å². The molecule has 0 unspecified atom stereocenters. The Labute approximate surface area is 392 Å². The predicted molar refractivity (Wildman–Crippen MR) is 285 cm³/mol. The van der Waals surface area contributed by atoms with Crippen LogP contribution in [0.4, 0.5) is 0 Å². The fraction of sp³-hybridized carbons (Fsp3) is 0. The molecule has 13 rings (SSSR count). The Morgan fingerprint density at radius 2 is 0.791 bits per heavy atom. The third-order valence-electron chi connectivity index (χ3n) is 13.3. The molecule has 13 aromatic rings. The van der Waals surface area contributed by atoms with Gasteiger partial charge in [-0.05, 0) is 106 Å². The van der Waals surface area contributed by atoms with Gasteiger partial charge >= 0.3 is 0 Å². The number of rotatable bonds is 7. The Balaban J connectivity index is 0.919. The van der Waals surface area contributed by atoms with E-state index in [0.29, 0.717) is 5.82 Å². The van der Waals surface area contributed by atoms with Crippen molar-refractivity contribution in [2.45, 2.75) is 0 Å². The van der Waals surface area contributed by atoms with E-state index in [0.717, 1.165) is 33.6 Å². The topological polar surface area (TPSA) is 25.8 Å². The second kappa shape index (κ2) is 16.2. The average Bonchev–Trinajstić information content (AvgIpc) is 3.85. The minimum absolute atomic E-state index is 0.706. The summed E-state index contributed by atoms with van der Waals surface area (Å²) in [6.07, 6.45) is 0. The highest BCUT2D eigenvalue weighted by molar-refractivity contribution is 7.22. The molecule has 0 aliphatic carbocycles. The van der Waals surface area contributed by atoms with E-state index in [1.54, 1.807) is 0 Å². The zero-order valence-electron chi connectivity index (χ0n) is 36.4. The van der Waals surface area contributed by atoms with E-state index in [1.807, 2.05) is 29.5 Å². The summed E-state index contributed by atoms with van der Waals surface area (Å²) in [7, 11) is 0. The number of thiophene rings is 1. The molecule has 0 fully saturated rings. The van der Waals surface area contributed by atoms with Gasteiger partial charge in [0.2, 0.25) is 0 Å². The summed E-state index contributed by atoms with van der Waals surface area (Å²) in [6.45, 7) is 0. The summed E-state index contributed by atoms with van der Waals surface area (Å²) in [4.78, 5) is 11.6. The number of hydrogen-bond acceptors (Lipinski definition) is 3. The second-order valence-corrected chi connectivity index (χ2v) is 18.3. The third-order valence-corrected chi connectivity index (χ3v) is 14.5. The van der Waals surface area contributed by atoms with Gasteiger partial charge in [-0.2, -0.15) is 0 Å². The molecule has 67 heavy (non-hydrogen) atoms. The van der Waals surface area contributed by atoms with Crippen molar-refractivity contribution < 1.29 is 0 Å². The van der Waals surface area contributed by atoms with E-state index in [-0.39, 0.29) is 0 Å². The molecule has 0 atom stereocenters. The molecular formula is C64H40N2S. The summed E-state index contributed by atoms with van der Waals surface area (Å²) in [5, 5.41) is 11.3. The normalized spacial score (nSPS) is 11.6. The van der Waals surface area contributed by atoms with Crippen LogP contribution in [-0.2, 0) is 0 Å². The van der Waals surface area contributed by atoms with E-state index in [1.165, 1.54) is 91.4 Å². The number of nitrogens with zero attached hydrogens (tertiary/aromatic N) is 2. The van der Waals surface area contributed by atoms with Gasteiger partial charge in [-0.1, -0.05) is 224 Å². The van der Waals surface area contributed by atoms with Gasteiger partial charge < -0.3 is 0 Å². The first-order valence-corrected chi connectivity index (χ1v) is 23.6. The van der Waals surface area contributed by atoms with Crippen molar-refractivity contribution in [2.75, 3.05) is 0 Å². The Morgan fingerprint density at radius 1 is 0.284 bits per heavy atom. The fourth-order valence-corrected chi connectivity index (χ4v) is 11.2.